The van der Waals surface area contributed by atoms with E-state index >= 15 is 0 Å². The fourth-order valence-electron chi connectivity index (χ4n) is 3.09. The standard InChI is InChI=1S/C19H19FN4O2S/c20-15-5-2-1-4-14(15)12-18(25)24-9-7-23(8-10-24)13-17-21-19(22-26-17)16-6-3-11-27-16/h1-6,11H,7-10,12-13H2. The van der Waals surface area contributed by atoms with Crippen molar-refractivity contribution in [3.05, 3.63) is 59.0 Å². The van der Waals surface area contributed by atoms with E-state index < -0.39 is 0 Å². The summed E-state index contributed by atoms with van der Waals surface area (Å²) in [6.07, 6.45) is 0.0977. The van der Waals surface area contributed by atoms with Crippen LogP contribution in [0.4, 0.5) is 4.39 Å². The minimum atomic E-state index is -0.331. The van der Waals surface area contributed by atoms with Gasteiger partial charge in [-0.2, -0.15) is 4.98 Å². The van der Waals surface area contributed by atoms with E-state index in [0.29, 0.717) is 36.9 Å². The quantitative estimate of drug-likeness (QED) is 0.675. The van der Waals surface area contributed by atoms with E-state index in [1.165, 1.54) is 6.07 Å². The maximum absolute atomic E-state index is 13.7. The van der Waals surface area contributed by atoms with Gasteiger partial charge in [-0.15, -0.1) is 11.3 Å². The Morgan fingerprint density at radius 1 is 1.15 bits per heavy atom. The van der Waals surface area contributed by atoms with Gasteiger partial charge in [-0.05, 0) is 23.1 Å². The first-order valence-corrected chi connectivity index (χ1v) is 9.67. The second-order valence-corrected chi connectivity index (χ2v) is 7.36. The summed E-state index contributed by atoms with van der Waals surface area (Å²) in [7, 11) is 0. The van der Waals surface area contributed by atoms with Crippen LogP contribution in [0.3, 0.4) is 0 Å². The number of carbonyl (C=O) groups is 1. The molecule has 6 nitrogen and oxygen atoms in total. The van der Waals surface area contributed by atoms with Crippen LogP contribution in [0.2, 0.25) is 0 Å². The maximum Gasteiger partial charge on any atom is 0.241 e. The minimum absolute atomic E-state index is 0.0440. The molecule has 3 aromatic rings. The molecule has 27 heavy (non-hydrogen) atoms. The van der Waals surface area contributed by atoms with Gasteiger partial charge < -0.3 is 9.42 Å². The molecule has 0 unspecified atom stereocenters. The van der Waals surface area contributed by atoms with E-state index in [9.17, 15) is 9.18 Å². The Balaban J connectivity index is 1.29. The van der Waals surface area contributed by atoms with Crippen LogP contribution in [-0.4, -0.2) is 52.0 Å². The number of nitrogens with zero attached hydrogens (tertiary/aromatic N) is 4. The second kappa shape index (κ2) is 7.98. The molecule has 1 aromatic carbocycles. The van der Waals surface area contributed by atoms with E-state index in [1.54, 1.807) is 34.4 Å². The third-order valence-electron chi connectivity index (χ3n) is 4.59. The number of thiophene rings is 1. The van der Waals surface area contributed by atoms with Crippen LogP contribution in [0.25, 0.3) is 10.7 Å². The van der Waals surface area contributed by atoms with Crippen LogP contribution in [-0.2, 0) is 17.8 Å². The third-order valence-corrected chi connectivity index (χ3v) is 5.46. The fraction of sp³-hybridized carbons (Fsp3) is 0.316. The molecule has 4 rings (SSSR count). The van der Waals surface area contributed by atoms with Crippen molar-refractivity contribution in [1.82, 2.24) is 19.9 Å². The molecule has 2 aromatic heterocycles. The summed E-state index contributed by atoms with van der Waals surface area (Å²) >= 11 is 1.57. The highest BCUT2D eigenvalue weighted by atomic mass is 32.1. The molecule has 0 radical (unpaired) electrons. The number of carbonyl (C=O) groups excluding carboxylic acids is 1. The number of rotatable bonds is 5. The van der Waals surface area contributed by atoms with Gasteiger partial charge in [-0.3, -0.25) is 9.69 Å². The van der Waals surface area contributed by atoms with Gasteiger partial charge >= 0.3 is 0 Å². The topological polar surface area (TPSA) is 62.5 Å². The zero-order chi connectivity index (χ0) is 18.6. The van der Waals surface area contributed by atoms with Crippen LogP contribution >= 0.6 is 11.3 Å². The highest BCUT2D eigenvalue weighted by Crippen LogP contribution is 2.21. The zero-order valence-corrected chi connectivity index (χ0v) is 15.5. The lowest BCUT2D eigenvalue weighted by Crippen LogP contribution is -2.48. The molecule has 1 saturated heterocycles. The van der Waals surface area contributed by atoms with E-state index in [-0.39, 0.29) is 18.1 Å². The summed E-state index contributed by atoms with van der Waals surface area (Å²) in [5.41, 5.74) is 0.442. The number of benzene rings is 1. The molecule has 0 spiro atoms. The van der Waals surface area contributed by atoms with Gasteiger partial charge in [0.25, 0.3) is 0 Å². The van der Waals surface area contributed by atoms with Crippen molar-refractivity contribution >= 4 is 17.2 Å². The predicted octanol–water partition coefficient (Wildman–Crippen LogP) is 2.82. The highest BCUT2D eigenvalue weighted by Gasteiger charge is 2.23. The molecule has 8 heteroatoms. The Kier molecular flexibility index (Phi) is 5.26. The van der Waals surface area contributed by atoms with Gasteiger partial charge in [0.1, 0.15) is 5.82 Å². The largest absolute Gasteiger partial charge is 0.340 e. The predicted molar refractivity (Wildman–Crippen MR) is 99.6 cm³/mol. The van der Waals surface area contributed by atoms with Gasteiger partial charge in [0.15, 0.2) is 0 Å². The van der Waals surface area contributed by atoms with Crippen molar-refractivity contribution in [2.24, 2.45) is 0 Å². The first kappa shape index (κ1) is 17.8. The molecule has 1 aliphatic heterocycles. The van der Waals surface area contributed by atoms with Gasteiger partial charge in [-0.25, -0.2) is 4.39 Å². The number of hydrogen-bond donors (Lipinski definition) is 0. The van der Waals surface area contributed by atoms with Crippen LogP contribution in [0.15, 0.2) is 46.3 Å². The Bertz CT molecular complexity index is 904. The summed E-state index contributed by atoms with van der Waals surface area (Å²) in [5, 5.41) is 6.00. The highest BCUT2D eigenvalue weighted by molar-refractivity contribution is 7.13. The molecule has 0 atom stereocenters. The first-order chi connectivity index (χ1) is 13.2. The molecule has 3 heterocycles. The smallest absolute Gasteiger partial charge is 0.241 e. The van der Waals surface area contributed by atoms with E-state index in [1.807, 2.05) is 17.5 Å². The lowest BCUT2D eigenvalue weighted by molar-refractivity contribution is -0.132. The summed E-state index contributed by atoms with van der Waals surface area (Å²) < 4.78 is 19.1. The Morgan fingerprint density at radius 3 is 2.70 bits per heavy atom. The fourth-order valence-corrected chi connectivity index (χ4v) is 3.74. The molecular weight excluding hydrogens is 367 g/mol. The van der Waals surface area contributed by atoms with Crippen LogP contribution in [0.5, 0.6) is 0 Å². The number of amides is 1. The van der Waals surface area contributed by atoms with Crippen LogP contribution in [0, 0.1) is 5.82 Å². The summed E-state index contributed by atoms with van der Waals surface area (Å²) in [6, 6.07) is 10.3. The number of aromatic nitrogens is 2. The maximum atomic E-state index is 13.7. The SMILES string of the molecule is O=C(Cc1ccccc1F)N1CCN(Cc2nc(-c3cccs3)no2)CC1. The molecule has 0 saturated carbocycles. The normalized spacial score (nSPS) is 15.2. The molecule has 140 valence electrons. The lowest BCUT2D eigenvalue weighted by Gasteiger charge is -2.34. The van der Waals surface area contributed by atoms with Crippen LogP contribution < -0.4 is 0 Å². The summed E-state index contributed by atoms with van der Waals surface area (Å²) in [6.45, 7) is 3.23. The van der Waals surface area contributed by atoms with Gasteiger partial charge in [0, 0.05) is 26.2 Å². The average molecular weight is 386 g/mol. The zero-order valence-electron chi connectivity index (χ0n) is 14.7. The molecular formula is C19H19FN4O2S. The van der Waals surface area contributed by atoms with Gasteiger partial charge in [0.2, 0.25) is 17.6 Å². The monoisotopic (exact) mass is 386 g/mol. The first-order valence-electron chi connectivity index (χ1n) is 8.79. The Morgan fingerprint density at radius 2 is 1.96 bits per heavy atom. The number of hydrogen-bond acceptors (Lipinski definition) is 6. The Labute approximate surface area is 160 Å². The van der Waals surface area contributed by atoms with Crippen molar-refractivity contribution in [2.75, 3.05) is 26.2 Å². The third kappa shape index (κ3) is 4.23. The van der Waals surface area contributed by atoms with Crippen LogP contribution in [0.1, 0.15) is 11.5 Å². The number of halogens is 1. The van der Waals surface area contributed by atoms with Crippen molar-refractivity contribution in [2.45, 2.75) is 13.0 Å². The minimum Gasteiger partial charge on any atom is -0.340 e. The average Bonchev–Trinajstić information content (AvgIpc) is 3.36. The molecule has 1 fully saturated rings. The lowest BCUT2D eigenvalue weighted by atomic mass is 10.1. The molecule has 0 bridgehead atoms. The summed E-state index contributed by atoms with van der Waals surface area (Å²) in [4.78, 5) is 21.8. The molecule has 0 aliphatic carbocycles. The van der Waals surface area contributed by atoms with E-state index in [0.717, 1.165) is 18.0 Å². The second-order valence-electron chi connectivity index (χ2n) is 6.41. The molecule has 1 aliphatic rings. The van der Waals surface area contributed by atoms with Crippen molar-refractivity contribution in [1.29, 1.82) is 0 Å². The van der Waals surface area contributed by atoms with Crippen molar-refractivity contribution < 1.29 is 13.7 Å². The number of piperazine rings is 1. The molecule has 1 amide bonds. The van der Waals surface area contributed by atoms with Crippen molar-refractivity contribution in [3.63, 3.8) is 0 Å². The van der Waals surface area contributed by atoms with E-state index in [4.69, 9.17) is 4.52 Å². The molecule has 0 N–H and O–H groups in total. The van der Waals surface area contributed by atoms with E-state index in [2.05, 4.69) is 15.0 Å². The van der Waals surface area contributed by atoms with Gasteiger partial charge in [0.05, 0.1) is 17.8 Å². The summed E-state index contributed by atoms with van der Waals surface area (Å²) in [5.74, 6) is 0.809. The van der Waals surface area contributed by atoms with Crippen molar-refractivity contribution in [3.8, 4) is 10.7 Å². The Hall–Kier alpha value is -2.58. The van der Waals surface area contributed by atoms with Gasteiger partial charge in [-0.1, -0.05) is 29.4 Å².